The summed E-state index contributed by atoms with van der Waals surface area (Å²) in [5.74, 6) is 0.140. The summed E-state index contributed by atoms with van der Waals surface area (Å²) < 4.78 is 0. The van der Waals surface area contributed by atoms with E-state index in [4.69, 9.17) is 0 Å². The summed E-state index contributed by atoms with van der Waals surface area (Å²) in [6.45, 7) is 3.71. The van der Waals surface area contributed by atoms with E-state index >= 15 is 0 Å². The van der Waals surface area contributed by atoms with Crippen LogP contribution in [0.2, 0.25) is 0 Å². The van der Waals surface area contributed by atoms with Gasteiger partial charge in [-0.05, 0) is 29.5 Å². The molecule has 2 aromatic carbocycles. The second-order valence-corrected chi connectivity index (χ2v) is 7.12. The predicted octanol–water partition coefficient (Wildman–Crippen LogP) is 2.09. The molecule has 0 saturated carbocycles. The largest absolute Gasteiger partial charge is 0.351 e. The van der Waals surface area contributed by atoms with Gasteiger partial charge in [-0.1, -0.05) is 54.6 Å². The van der Waals surface area contributed by atoms with Crippen molar-refractivity contribution in [2.75, 3.05) is 13.1 Å². The maximum absolute atomic E-state index is 12.6. The molecular weight excluding hydrogens is 310 g/mol. The number of carbonyl (C=O) groups excluding carboxylic acids is 1. The van der Waals surface area contributed by atoms with E-state index in [9.17, 15) is 4.79 Å². The van der Waals surface area contributed by atoms with Gasteiger partial charge in [0.25, 0.3) is 0 Å². The number of hydrogen-bond donors (Lipinski definition) is 2. The van der Waals surface area contributed by atoms with E-state index in [-0.39, 0.29) is 18.0 Å². The van der Waals surface area contributed by atoms with Gasteiger partial charge in [0.2, 0.25) is 5.91 Å². The first-order valence-electron chi connectivity index (χ1n) is 9.15. The number of rotatable bonds is 4. The van der Waals surface area contributed by atoms with Gasteiger partial charge < -0.3 is 10.6 Å². The topological polar surface area (TPSA) is 44.4 Å². The molecule has 1 fully saturated rings. The van der Waals surface area contributed by atoms with Crippen molar-refractivity contribution in [2.24, 2.45) is 0 Å². The Morgan fingerprint density at radius 3 is 2.68 bits per heavy atom. The van der Waals surface area contributed by atoms with Crippen molar-refractivity contribution in [3.8, 4) is 0 Å². The smallest absolute Gasteiger partial charge is 0.237 e. The molecule has 130 valence electrons. The highest BCUT2D eigenvalue weighted by Crippen LogP contribution is 2.17. The van der Waals surface area contributed by atoms with Gasteiger partial charge in [-0.3, -0.25) is 9.69 Å². The van der Waals surface area contributed by atoms with E-state index in [0.717, 1.165) is 39.0 Å². The number of nitrogens with zero attached hydrogens (tertiary/aromatic N) is 1. The number of likely N-dealkylation sites (tertiary alicyclic amines) is 1. The molecule has 2 aromatic rings. The lowest BCUT2D eigenvalue weighted by Gasteiger charge is -2.26. The Morgan fingerprint density at radius 2 is 1.84 bits per heavy atom. The highest BCUT2D eigenvalue weighted by Gasteiger charge is 2.28. The lowest BCUT2D eigenvalue weighted by Crippen LogP contribution is -2.50. The summed E-state index contributed by atoms with van der Waals surface area (Å²) >= 11 is 0. The van der Waals surface area contributed by atoms with Crippen LogP contribution < -0.4 is 10.6 Å². The van der Waals surface area contributed by atoms with Crippen LogP contribution in [0.1, 0.15) is 23.1 Å². The van der Waals surface area contributed by atoms with E-state index < -0.39 is 0 Å². The summed E-state index contributed by atoms with van der Waals surface area (Å²) in [4.78, 5) is 15.1. The van der Waals surface area contributed by atoms with Crippen LogP contribution in [0.15, 0.2) is 54.6 Å². The van der Waals surface area contributed by atoms with E-state index in [2.05, 4.69) is 64.1 Å². The zero-order valence-electron chi connectivity index (χ0n) is 14.4. The predicted molar refractivity (Wildman–Crippen MR) is 99.0 cm³/mol. The van der Waals surface area contributed by atoms with Crippen LogP contribution in [-0.4, -0.2) is 36.0 Å². The minimum atomic E-state index is -0.113. The lowest BCUT2D eigenvalue weighted by atomic mass is 9.95. The molecule has 2 N–H and O–H groups in total. The van der Waals surface area contributed by atoms with Crippen molar-refractivity contribution in [2.45, 2.75) is 38.0 Å². The summed E-state index contributed by atoms with van der Waals surface area (Å²) in [5.41, 5.74) is 3.93. The first-order chi connectivity index (χ1) is 12.3. The quantitative estimate of drug-likeness (QED) is 0.899. The summed E-state index contributed by atoms with van der Waals surface area (Å²) in [6, 6.07) is 19.1. The van der Waals surface area contributed by atoms with Gasteiger partial charge in [-0.2, -0.15) is 0 Å². The van der Waals surface area contributed by atoms with Crippen molar-refractivity contribution in [3.63, 3.8) is 0 Å². The molecule has 4 rings (SSSR count). The van der Waals surface area contributed by atoms with E-state index in [1.165, 1.54) is 16.7 Å². The first kappa shape index (κ1) is 16.3. The average molecular weight is 335 g/mol. The SMILES string of the molecule is O=C(NC1CCN(Cc2ccccc2)C1)C1Cc2ccccc2CN1. The van der Waals surface area contributed by atoms with Crippen molar-refractivity contribution in [1.29, 1.82) is 0 Å². The van der Waals surface area contributed by atoms with Crippen LogP contribution >= 0.6 is 0 Å². The van der Waals surface area contributed by atoms with Crippen molar-refractivity contribution in [1.82, 2.24) is 15.5 Å². The first-order valence-corrected chi connectivity index (χ1v) is 9.15. The van der Waals surface area contributed by atoms with Gasteiger partial charge in [0.15, 0.2) is 0 Å². The number of fused-ring (bicyclic) bond motifs is 1. The highest BCUT2D eigenvalue weighted by molar-refractivity contribution is 5.82. The van der Waals surface area contributed by atoms with Crippen molar-refractivity contribution in [3.05, 3.63) is 71.3 Å². The second kappa shape index (κ2) is 7.38. The molecule has 0 spiro atoms. The molecule has 2 heterocycles. The fourth-order valence-electron chi connectivity index (χ4n) is 3.88. The van der Waals surface area contributed by atoms with Crippen LogP contribution in [-0.2, 0) is 24.3 Å². The van der Waals surface area contributed by atoms with Crippen LogP contribution in [0.4, 0.5) is 0 Å². The molecule has 2 aliphatic rings. The normalized spacial score (nSPS) is 23.2. The van der Waals surface area contributed by atoms with Gasteiger partial charge in [-0.25, -0.2) is 0 Å². The molecular formula is C21H25N3O. The summed E-state index contributed by atoms with van der Waals surface area (Å²) in [6.07, 6.45) is 1.81. The Balaban J connectivity index is 1.29. The molecule has 1 amide bonds. The number of nitrogens with one attached hydrogen (secondary N) is 2. The van der Waals surface area contributed by atoms with Gasteiger partial charge in [-0.15, -0.1) is 0 Å². The number of amides is 1. The van der Waals surface area contributed by atoms with E-state index in [0.29, 0.717) is 0 Å². The molecule has 2 aliphatic heterocycles. The molecule has 0 bridgehead atoms. The van der Waals surface area contributed by atoms with Gasteiger partial charge in [0, 0.05) is 32.2 Å². The third-order valence-corrected chi connectivity index (χ3v) is 5.27. The Hall–Kier alpha value is -2.17. The van der Waals surface area contributed by atoms with Gasteiger partial charge in [0.1, 0.15) is 0 Å². The van der Waals surface area contributed by atoms with Crippen LogP contribution in [0.5, 0.6) is 0 Å². The Labute approximate surface area is 149 Å². The second-order valence-electron chi connectivity index (χ2n) is 7.12. The molecule has 0 radical (unpaired) electrons. The maximum atomic E-state index is 12.6. The molecule has 0 aromatic heterocycles. The van der Waals surface area contributed by atoms with Crippen molar-refractivity contribution < 1.29 is 4.79 Å². The van der Waals surface area contributed by atoms with Gasteiger partial charge in [0.05, 0.1) is 6.04 Å². The third-order valence-electron chi connectivity index (χ3n) is 5.27. The minimum absolute atomic E-state index is 0.113. The molecule has 4 nitrogen and oxygen atoms in total. The highest BCUT2D eigenvalue weighted by atomic mass is 16.2. The zero-order valence-corrected chi connectivity index (χ0v) is 14.4. The number of benzene rings is 2. The molecule has 0 aliphatic carbocycles. The Kier molecular flexibility index (Phi) is 4.81. The van der Waals surface area contributed by atoms with Crippen LogP contribution in [0.3, 0.4) is 0 Å². The molecule has 2 unspecified atom stereocenters. The molecule has 4 heteroatoms. The fraction of sp³-hybridized carbons (Fsp3) is 0.381. The number of carbonyl (C=O) groups is 1. The van der Waals surface area contributed by atoms with Crippen LogP contribution in [0, 0.1) is 0 Å². The zero-order chi connectivity index (χ0) is 17.1. The average Bonchev–Trinajstić information content (AvgIpc) is 3.09. The van der Waals surface area contributed by atoms with Crippen LogP contribution in [0.25, 0.3) is 0 Å². The standard InChI is InChI=1S/C21H25N3O/c25-21(20-12-17-8-4-5-9-18(17)13-22-20)23-19-10-11-24(15-19)14-16-6-2-1-3-7-16/h1-9,19-20,22H,10-15H2,(H,23,25). The Bertz CT molecular complexity index is 731. The fourth-order valence-corrected chi connectivity index (χ4v) is 3.88. The number of hydrogen-bond acceptors (Lipinski definition) is 3. The maximum Gasteiger partial charge on any atom is 0.237 e. The minimum Gasteiger partial charge on any atom is -0.351 e. The van der Waals surface area contributed by atoms with Gasteiger partial charge >= 0.3 is 0 Å². The van der Waals surface area contributed by atoms with E-state index in [1.807, 2.05) is 6.07 Å². The molecule has 2 atom stereocenters. The monoisotopic (exact) mass is 335 g/mol. The molecule has 25 heavy (non-hydrogen) atoms. The summed E-state index contributed by atoms with van der Waals surface area (Å²) in [5, 5.41) is 6.63. The van der Waals surface area contributed by atoms with E-state index in [1.54, 1.807) is 0 Å². The summed E-state index contributed by atoms with van der Waals surface area (Å²) in [7, 11) is 0. The molecule has 1 saturated heterocycles. The third kappa shape index (κ3) is 3.91. The lowest BCUT2D eigenvalue weighted by molar-refractivity contribution is -0.124. The van der Waals surface area contributed by atoms with Crippen molar-refractivity contribution >= 4 is 5.91 Å². The Morgan fingerprint density at radius 1 is 1.08 bits per heavy atom.